The average molecular weight is 279 g/mol. The maximum absolute atomic E-state index is 10.7. The summed E-state index contributed by atoms with van der Waals surface area (Å²) >= 11 is 0. The third-order valence-electron chi connectivity index (χ3n) is 3.82. The Bertz CT molecular complexity index is 467. The maximum atomic E-state index is 10.7. The van der Waals surface area contributed by atoms with E-state index in [1.165, 1.54) is 7.11 Å². The fraction of sp³-hybridized carbons (Fsp3) is 0.533. The third-order valence-corrected chi connectivity index (χ3v) is 3.82. The van der Waals surface area contributed by atoms with Crippen LogP contribution < -0.4 is 4.74 Å². The molecular formula is C15H21NO4. The summed E-state index contributed by atoms with van der Waals surface area (Å²) in [5, 5.41) is 18.4. The molecule has 1 aliphatic rings. The van der Waals surface area contributed by atoms with Gasteiger partial charge in [-0.25, -0.2) is 0 Å². The van der Waals surface area contributed by atoms with Gasteiger partial charge in [-0.3, -0.25) is 9.69 Å². The number of aliphatic carboxylic acids is 1. The summed E-state index contributed by atoms with van der Waals surface area (Å²) in [4.78, 5) is 13.0. The number of ether oxygens (including phenoxy) is 1. The van der Waals surface area contributed by atoms with Crippen molar-refractivity contribution in [2.45, 2.75) is 25.8 Å². The second-order valence-electron chi connectivity index (χ2n) is 5.32. The molecule has 2 rings (SSSR count). The van der Waals surface area contributed by atoms with Gasteiger partial charge in [-0.1, -0.05) is 6.07 Å². The Kier molecular flexibility index (Phi) is 4.84. The Hall–Kier alpha value is -1.75. The van der Waals surface area contributed by atoms with Crippen molar-refractivity contribution in [2.75, 3.05) is 20.2 Å². The molecule has 2 N–H and O–H groups in total. The zero-order valence-electron chi connectivity index (χ0n) is 11.7. The van der Waals surface area contributed by atoms with Crippen LogP contribution in [0.2, 0.25) is 0 Å². The highest BCUT2D eigenvalue weighted by molar-refractivity contribution is 5.67. The van der Waals surface area contributed by atoms with Crippen molar-refractivity contribution in [2.24, 2.45) is 5.92 Å². The van der Waals surface area contributed by atoms with Crippen LogP contribution in [0.15, 0.2) is 18.2 Å². The van der Waals surface area contributed by atoms with Crippen molar-refractivity contribution in [1.82, 2.24) is 4.90 Å². The summed E-state index contributed by atoms with van der Waals surface area (Å²) < 4.78 is 5.10. The molecule has 5 nitrogen and oxygen atoms in total. The molecule has 1 saturated heterocycles. The number of hydrogen-bond donors (Lipinski definition) is 2. The van der Waals surface area contributed by atoms with Crippen molar-refractivity contribution >= 4 is 5.97 Å². The summed E-state index contributed by atoms with van der Waals surface area (Å²) in [6, 6.07) is 5.38. The van der Waals surface area contributed by atoms with Gasteiger partial charge in [-0.05, 0) is 49.5 Å². The lowest BCUT2D eigenvalue weighted by molar-refractivity contribution is -0.138. The van der Waals surface area contributed by atoms with E-state index in [0.717, 1.165) is 38.0 Å². The number of rotatable bonds is 5. The largest absolute Gasteiger partial charge is 0.504 e. The van der Waals surface area contributed by atoms with Crippen LogP contribution in [0.4, 0.5) is 0 Å². The third kappa shape index (κ3) is 3.87. The van der Waals surface area contributed by atoms with Crippen molar-refractivity contribution in [1.29, 1.82) is 0 Å². The molecule has 1 fully saturated rings. The molecule has 0 saturated carbocycles. The van der Waals surface area contributed by atoms with Gasteiger partial charge in [0.1, 0.15) is 0 Å². The van der Waals surface area contributed by atoms with E-state index in [0.29, 0.717) is 11.7 Å². The molecule has 0 radical (unpaired) electrons. The SMILES string of the molecule is COc1cc(CN2CCC(CC(=O)O)CC2)ccc1O. The first-order chi connectivity index (χ1) is 9.58. The Morgan fingerprint density at radius 3 is 2.70 bits per heavy atom. The standard InChI is InChI=1S/C15H21NO4/c1-20-14-8-12(2-3-13(14)17)10-16-6-4-11(5-7-16)9-15(18)19/h2-3,8,11,17H,4-7,9-10H2,1H3,(H,18,19). The number of carbonyl (C=O) groups is 1. The molecule has 1 heterocycles. The van der Waals surface area contributed by atoms with E-state index in [1.807, 2.05) is 12.1 Å². The molecule has 0 bridgehead atoms. The number of methoxy groups -OCH3 is 1. The first-order valence-electron chi connectivity index (χ1n) is 6.88. The molecule has 1 aromatic rings. The van der Waals surface area contributed by atoms with E-state index in [2.05, 4.69) is 4.90 Å². The number of piperidine rings is 1. The number of benzene rings is 1. The minimum Gasteiger partial charge on any atom is -0.504 e. The molecule has 0 spiro atoms. The molecule has 0 aliphatic carbocycles. The highest BCUT2D eigenvalue weighted by atomic mass is 16.5. The summed E-state index contributed by atoms with van der Waals surface area (Å²) in [7, 11) is 1.54. The summed E-state index contributed by atoms with van der Waals surface area (Å²) in [6.45, 7) is 2.64. The van der Waals surface area contributed by atoms with E-state index in [1.54, 1.807) is 6.07 Å². The minimum atomic E-state index is -0.702. The van der Waals surface area contributed by atoms with Gasteiger partial charge in [0.15, 0.2) is 11.5 Å². The number of phenolic OH excluding ortho intramolecular Hbond substituents is 1. The first-order valence-corrected chi connectivity index (χ1v) is 6.88. The van der Waals surface area contributed by atoms with Gasteiger partial charge in [-0.15, -0.1) is 0 Å². The van der Waals surface area contributed by atoms with Gasteiger partial charge in [0.2, 0.25) is 0 Å². The van der Waals surface area contributed by atoms with E-state index in [4.69, 9.17) is 9.84 Å². The normalized spacial score (nSPS) is 17.1. The van der Waals surface area contributed by atoms with Crippen molar-refractivity contribution in [3.8, 4) is 11.5 Å². The number of aromatic hydroxyl groups is 1. The topological polar surface area (TPSA) is 70.0 Å². The van der Waals surface area contributed by atoms with Gasteiger partial charge in [0.05, 0.1) is 7.11 Å². The fourth-order valence-corrected chi connectivity index (χ4v) is 2.67. The molecule has 0 amide bonds. The van der Waals surface area contributed by atoms with Crippen LogP contribution in [-0.2, 0) is 11.3 Å². The minimum absolute atomic E-state index is 0.149. The number of phenols is 1. The lowest BCUT2D eigenvalue weighted by Gasteiger charge is -2.31. The van der Waals surface area contributed by atoms with Crippen molar-refractivity contribution in [3.05, 3.63) is 23.8 Å². The number of carboxylic acid groups (broad SMARTS) is 1. The predicted molar refractivity (Wildman–Crippen MR) is 74.9 cm³/mol. The van der Waals surface area contributed by atoms with Crippen molar-refractivity contribution in [3.63, 3.8) is 0 Å². The van der Waals surface area contributed by atoms with Crippen molar-refractivity contribution < 1.29 is 19.7 Å². The van der Waals surface area contributed by atoms with Crippen LogP contribution >= 0.6 is 0 Å². The average Bonchev–Trinajstić information content (AvgIpc) is 2.42. The highest BCUT2D eigenvalue weighted by Gasteiger charge is 2.21. The number of carboxylic acids is 1. The van der Waals surface area contributed by atoms with Crippen LogP contribution in [0, 0.1) is 5.92 Å². The maximum Gasteiger partial charge on any atom is 0.303 e. The zero-order chi connectivity index (χ0) is 14.5. The van der Waals surface area contributed by atoms with Gasteiger partial charge < -0.3 is 14.9 Å². The van der Waals surface area contributed by atoms with E-state index in [-0.39, 0.29) is 12.2 Å². The van der Waals surface area contributed by atoms with Crippen LogP contribution in [-0.4, -0.2) is 41.3 Å². The monoisotopic (exact) mass is 279 g/mol. The number of hydrogen-bond acceptors (Lipinski definition) is 4. The fourth-order valence-electron chi connectivity index (χ4n) is 2.67. The molecule has 110 valence electrons. The molecule has 0 atom stereocenters. The number of nitrogens with zero attached hydrogens (tertiary/aromatic N) is 1. The van der Waals surface area contributed by atoms with Gasteiger partial charge in [-0.2, -0.15) is 0 Å². The summed E-state index contributed by atoms with van der Waals surface area (Å²) in [5.41, 5.74) is 1.09. The lowest BCUT2D eigenvalue weighted by Crippen LogP contribution is -2.33. The van der Waals surface area contributed by atoms with Gasteiger partial charge in [0, 0.05) is 13.0 Å². The zero-order valence-corrected chi connectivity index (χ0v) is 11.7. The molecule has 0 unspecified atom stereocenters. The van der Waals surface area contributed by atoms with E-state index < -0.39 is 5.97 Å². The van der Waals surface area contributed by atoms with Gasteiger partial charge in [0.25, 0.3) is 0 Å². The summed E-state index contributed by atoms with van der Waals surface area (Å²) in [6.07, 6.45) is 2.14. The summed E-state index contributed by atoms with van der Waals surface area (Å²) in [5.74, 6) is 0.240. The van der Waals surface area contributed by atoms with Crippen LogP contribution in [0.25, 0.3) is 0 Å². The Balaban J connectivity index is 1.88. The Labute approximate surface area is 118 Å². The smallest absolute Gasteiger partial charge is 0.303 e. The second kappa shape index (κ2) is 6.61. The van der Waals surface area contributed by atoms with Crippen LogP contribution in [0.1, 0.15) is 24.8 Å². The van der Waals surface area contributed by atoms with E-state index >= 15 is 0 Å². The Morgan fingerprint density at radius 2 is 2.10 bits per heavy atom. The lowest BCUT2D eigenvalue weighted by atomic mass is 9.93. The molecule has 20 heavy (non-hydrogen) atoms. The first kappa shape index (κ1) is 14.7. The molecular weight excluding hydrogens is 258 g/mol. The van der Waals surface area contributed by atoms with Gasteiger partial charge >= 0.3 is 5.97 Å². The molecule has 1 aliphatic heterocycles. The molecule has 5 heteroatoms. The van der Waals surface area contributed by atoms with E-state index in [9.17, 15) is 9.90 Å². The van der Waals surface area contributed by atoms with Crippen LogP contribution in [0.5, 0.6) is 11.5 Å². The highest BCUT2D eigenvalue weighted by Crippen LogP contribution is 2.28. The molecule has 1 aromatic carbocycles. The molecule has 0 aromatic heterocycles. The number of likely N-dealkylation sites (tertiary alicyclic amines) is 1. The second-order valence-corrected chi connectivity index (χ2v) is 5.32. The quantitative estimate of drug-likeness (QED) is 0.863. The van der Waals surface area contributed by atoms with Crippen LogP contribution in [0.3, 0.4) is 0 Å². The predicted octanol–water partition coefficient (Wildman–Crippen LogP) is 2.09. The Morgan fingerprint density at radius 1 is 1.40 bits per heavy atom.